The van der Waals surface area contributed by atoms with Crippen LogP contribution >= 0.6 is 11.8 Å². The summed E-state index contributed by atoms with van der Waals surface area (Å²) < 4.78 is 0. The number of thioether (sulfide) groups is 1. The standard InChI is InChI=1S/C16H21N3OS/c1-11-8-9-12-14(10-11)18-16(17-12)21-15-7-5-3-2-4-6-13(15)19-20/h8-10,15,20H,2-7H2,1H3,(H,17,18)/b19-13+/t15-/m1/s1. The quantitative estimate of drug-likeness (QED) is 0.633. The van der Waals surface area contributed by atoms with Crippen LogP contribution in [0.3, 0.4) is 0 Å². The Balaban J connectivity index is 1.81. The number of nitrogens with one attached hydrogen (secondary N) is 1. The second-order valence-corrected chi connectivity index (χ2v) is 6.90. The number of rotatable bonds is 2. The van der Waals surface area contributed by atoms with Crippen molar-refractivity contribution in [1.82, 2.24) is 9.97 Å². The highest BCUT2D eigenvalue weighted by molar-refractivity contribution is 8.00. The summed E-state index contributed by atoms with van der Waals surface area (Å²) in [6.07, 6.45) is 6.77. The van der Waals surface area contributed by atoms with Crippen molar-refractivity contribution in [2.45, 2.75) is 55.9 Å². The Morgan fingerprint density at radius 2 is 2.14 bits per heavy atom. The lowest BCUT2D eigenvalue weighted by Crippen LogP contribution is -2.19. The third kappa shape index (κ3) is 3.40. The Morgan fingerprint density at radius 3 is 3.00 bits per heavy atom. The van der Waals surface area contributed by atoms with Crippen molar-refractivity contribution in [3.8, 4) is 0 Å². The van der Waals surface area contributed by atoms with Gasteiger partial charge in [-0.1, -0.05) is 42.2 Å². The summed E-state index contributed by atoms with van der Waals surface area (Å²) in [5.41, 5.74) is 4.21. The fourth-order valence-electron chi connectivity index (χ4n) is 2.85. The van der Waals surface area contributed by atoms with Crippen LogP contribution in [0.1, 0.15) is 44.1 Å². The Morgan fingerprint density at radius 1 is 1.29 bits per heavy atom. The lowest BCUT2D eigenvalue weighted by atomic mass is 9.99. The molecule has 1 fully saturated rings. The van der Waals surface area contributed by atoms with E-state index in [9.17, 15) is 5.21 Å². The number of imidazole rings is 1. The van der Waals surface area contributed by atoms with E-state index in [0.29, 0.717) is 0 Å². The van der Waals surface area contributed by atoms with Crippen molar-refractivity contribution < 1.29 is 5.21 Å². The zero-order chi connectivity index (χ0) is 14.7. The maximum atomic E-state index is 9.28. The summed E-state index contributed by atoms with van der Waals surface area (Å²) in [5.74, 6) is 0. The molecule has 2 N–H and O–H groups in total. The lowest BCUT2D eigenvalue weighted by molar-refractivity contribution is 0.315. The number of benzene rings is 1. The molecule has 0 amide bonds. The Kier molecular flexibility index (Phi) is 4.48. The molecule has 1 aromatic carbocycles. The number of hydrogen-bond acceptors (Lipinski definition) is 4. The van der Waals surface area contributed by atoms with Crippen LogP contribution in [0.4, 0.5) is 0 Å². The Labute approximate surface area is 129 Å². The van der Waals surface area contributed by atoms with Crippen molar-refractivity contribution in [3.63, 3.8) is 0 Å². The molecular formula is C16H21N3OS. The van der Waals surface area contributed by atoms with Gasteiger partial charge in [-0.05, 0) is 43.9 Å². The van der Waals surface area contributed by atoms with Crippen LogP contribution in [0, 0.1) is 6.92 Å². The van der Waals surface area contributed by atoms with Crippen LogP contribution in [0.25, 0.3) is 11.0 Å². The minimum Gasteiger partial charge on any atom is -0.411 e. The first-order valence-electron chi connectivity index (χ1n) is 7.60. The van der Waals surface area contributed by atoms with E-state index < -0.39 is 0 Å². The van der Waals surface area contributed by atoms with Crippen molar-refractivity contribution in [2.75, 3.05) is 0 Å². The average Bonchev–Trinajstić information content (AvgIpc) is 2.84. The molecule has 1 aliphatic carbocycles. The topological polar surface area (TPSA) is 61.3 Å². The minimum atomic E-state index is 0.233. The maximum Gasteiger partial charge on any atom is 0.167 e. The van der Waals surface area contributed by atoms with Crippen LogP contribution in [0.2, 0.25) is 0 Å². The molecule has 0 aliphatic heterocycles. The largest absolute Gasteiger partial charge is 0.411 e. The van der Waals surface area contributed by atoms with Crippen LogP contribution in [-0.4, -0.2) is 26.1 Å². The van der Waals surface area contributed by atoms with Crippen LogP contribution < -0.4 is 0 Å². The van der Waals surface area contributed by atoms with E-state index in [0.717, 1.165) is 41.2 Å². The monoisotopic (exact) mass is 303 g/mol. The number of H-pyrrole nitrogens is 1. The molecule has 0 radical (unpaired) electrons. The summed E-state index contributed by atoms with van der Waals surface area (Å²) >= 11 is 1.69. The number of oxime groups is 1. The first-order chi connectivity index (χ1) is 10.3. The molecule has 4 nitrogen and oxygen atoms in total. The van der Waals surface area contributed by atoms with Crippen LogP contribution in [0.5, 0.6) is 0 Å². The van der Waals surface area contributed by atoms with Crippen LogP contribution in [-0.2, 0) is 0 Å². The zero-order valence-electron chi connectivity index (χ0n) is 12.3. The fourth-order valence-corrected chi connectivity index (χ4v) is 4.02. The molecule has 21 heavy (non-hydrogen) atoms. The van der Waals surface area contributed by atoms with Gasteiger partial charge in [0.15, 0.2) is 5.16 Å². The molecule has 0 spiro atoms. The maximum absolute atomic E-state index is 9.28. The predicted octanol–water partition coefficient (Wildman–Crippen LogP) is 4.52. The predicted molar refractivity (Wildman–Crippen MR) is 87.4 cm³/mol. The van der Waals surface area contributed by atoms with Gasteiger partial charge in [-0.25, -0.2) is 4.98 Å². The van der Waals surface area contributed by atoms with E-state index in [1.807, 2.05) is 6.07 Å². The van der Waals surface area contributed by atoms with Crippen molar-refractivity contribution >= 4 is 28.5 Å². The second kappa shape index (κ2) is 6.52. The number of nitrogens with zero attached hydrogens (tertiary/aromatic N) is 2. The molecule has 5 heteroatoms. The van der Waals surface area contributed by atoms with E-state index in [-0.39, 0.29) is 5.25 Å². The lowest BCUT2D eigenvalue weighted by Gasteiger charge is -2.19. The Hall–Kier alpha value is -1.49. The molecule has 1 aromatic heterocycles. The molecule has 2 aromatic rings. The van der Waals surface area contributed by atoms with Gasteiger partial charge in [-0.3, -0.25) is 0 Å². The smallest absolute Gasteiger partial charge is 0.167 e. The van der Waals surface area contributed by atoms with Gasteiger partial charge in [0.25, 0.3) is 0 Å². The molecule has 0 bridgehead atoms. The third-order valence-electron chi connectivity index (χ3n) is 4.02. The molecule has 1 saturated carbocycles. The van der Waals surface area contributed by atoms with Gasteiger partial charge in [-0.15, -0.1) is 0 Å². The van der Waals surface area contributed by atoms with Crippen molar-refractivity contribution in [1.29, 1.82) is 0 Å². The number of aryl methyl sites for hydroxylation is 1. The van der Waals surface area contributed by atoms with Gasteiger partial charge in [-0.2, -0.15) is 0 Å². The minimum absolute atomic E-state index is 0.233. The number of aromatic amines is 1. The van der Waals surface area contributed by atoms with Gasteiger partial charge in [0.2, 0.25) is 0 Å². The van der Waals surface area contributed by atoms with Gasteiger partial charge in [0, 0.05) is 0 Å². The summed E-state index contributed by atoms with van der Waals surface area (Å²) in [7, 11) is 0. The number of hydrogen-bond donors (Lipinski definition) is 2. The van der Waals surface area contributed by atoms with E-state index >= 15 is 0 Å². The zero-order valence-corrected chi connectivity index (χ0v) is 13.1. The molecule has 1 atom stereocenters. The Bertz CT molecular complexity index is 650. The fraction of sp³-hybridized carbons (Fsp3) is 0.500. The van der Waals surface area contributed by atoms with Crippen LogP contribution in [0.15, 0.2) is 28.5 Å². The number of aromatic nitrogens is 2. The molecular weight excluding hydrogens is 282 g/mol. The highest BCUT2D eigenvalue weighted by Gasteiger charge is 2.21. The average molecular weight is 303 g/mol. The third-order valence-corrected chi connectivity index (χ3v) is 5.23. The SMILES string of the molecule is Cc1ccc2nc(S[C@@H]3CCCCCC/C3=N\O)[nH]c2c1. The van der Waals surface area contributed by atoms with E-state index in [2.05, 4.69) is 34.2 Å². The van der Waals surface area contributed by atoms with Gasteiger partial charge < -0.3 is 10.2 Å². The van der Waals surface area contributed by atoms with E-state index in [1.165, 1.54) is 24.8 Å². The summed E-state index contributed by atoms with van der Waals surface area (Å²) in [5, 5.41) is 14.0. The molecule has 3 rings (SSSR count). The van der Waals surface area contributed by atoms with Crippen molar-refractivity contribution in [2.24, 2.45) is 5.16 Å². The summed E-state index contributed by atoms with van der Waals surface area (Å²) in [6.45, 7) is 2.08. The molecule has 1 heterocycles. The first-order valence-corrected chi connectivity index (χ1v) is 8.48. The first kappa shape index (κ1) is 14.4. The molecule has 0 unspecified atom stereocenters. The van der Waals surface area contributed by atoms with Crippen molar-refractivity contribution in [3.05, 3.63) is 23.8 Å². The van der Waals surface area contributed by atoms with Gasteiger partial charge in [0.05, 0.1) is 22.0 Å². The highest BCUT2D eigenvalue weighted by Crippen LogP contribution is 2.30. The molecule has 112 valence electrons. The molecule has 0 saturated heterocycles. The second-order valence-electron chi connectivity index (χ2n) is 5.71. The number of fused-ring (bicyclic) bond motifs is 1. The van der Waals surface area contributed by atoms with E-state index in [4.69, 9.17) is 0 Å². The van der Waals surface area contributed by atoms with Gasteiger partial charge in [0.1, 0.15) is 0 Å². The summed E-state index contributed by atoms with van der Waals surface area (Å²) in [4.78, 5) is 8.02. The summed E-state index contributed by atoms with van der Waals surface area (Å²) in [6, 6.07) is 6.24. The highest BCUT2D eigenvalue weighted by atomic mass is 32.2. The van der Waals surface area contributed by atoms with Gasteiger partial charge >= 0.3 is 0 Å². The molecule has 1 aliphatic rings. The van der Waals surface area contributed by atoms with E-state index in [1.54, 1.807) is 11.8 Å². The normalized spacial score (nSPS) is 22.3.